The minimum absolute atomic E-state index is 0.191. The third-order valence-corrected chi connectivity index (χ3v) is 5.32. The van der Waals surface area contributed by atoms with Crippen molar-refractivity contribution >= 4 is 17.7 Å². The van der Waals surface area contributed by atoms with E-state index in [1.54, 1.807) is 6.07 Å². The number of halogens is 1. The zero-order valence-corrected chi connectivity index (χ0v) is 16.3. The summed E-state index contributed by atoms with van der Waals surface area (Å²) in [5.41, 5.74) is 1.54. The van der Waals surface area contributed by atoms with Gasteiger partial charge in [-0.15, -0.1) is 0 Å². The molecule has 2 aromatic carbocycles. The number of carbonyl (C=O) groups excluding carboxylic acids is 1. The van der Waals surface area contributed by atoms with Gasteiger partial charge in [-0.25, -0.2) is 4.39 Å². The fraction of sp³-hybridized carbons (Fsp3) is 0.381. The Morgan fingerprint density at radius 1 is 1.22 bits per heavy atom. The molecule has 144 valence electrons. The molecule has 6 heteroatoms. The Hall–Kier alpha value is -2.05. The molecule has 0 saturated carbocycles. The highest BCUT2D eigenvalue weighted by atomic mass is 32.2. The van der Waals surface area contributed by atoms with Crippen LogP contribution in [0, 0.1) is 5.82 Å². The number of nitrogens with zero attached hydrogens (tertiary/aromatic N) is 1. The zero-order chi connectivity index (χ0) is 19.1. The van der Waals surface area contributed by atoms with Crippen molar-refractivity contribution in [1.82, 2.24) is 10.2 Å². The minimum atomic E-state index is -0.420. The van der Waals surface area contributed by atoms with E-state index in [2.05, 4.69) is 22.3 Å². The molecule has 0 radical (unpaired) electrons. The normalized spacial score (nSPS) is 15.9. The van der Waals surface area contributed by atoms with Gasteiger partial charge in [0.25, 0.3) is 5.91 Å². The molecule has 1 N–H and O–H groups in total. The van der Waals surface area contributed by atoms with Gasteiger partial charge in [-0.3, -0.25) is 9.69 Å². The maximum atomic E-state index is 13.2. The summed E-state index contributed by atoms with van der Waals surface area (Å²) in [6.07, 6.45) is -0.191. The molecule has 4 nitrogen and oxygen atoms in total. The summed E-state index contributed by atoms with van der Waals surface area (Å²) in [5.74, 6) is 2.46. The molecule has 1 heterocycles. The SMILES string of the molecule is CC(CNC(=O)c1cccc(F)c1)Oc1cccc(CN2CCSCC2)c1. The predicted molar refractivity (Wildman–Crippen MR) is 108 cm³/mol. The van der Waals surface area contributed by atoms with Gasteiger partial charge in [-0.05, 0) is 42.8 Å². The van der Waals surface area contributed by atoms with E-state index in [9.17, 15) is 9.18 Å². The summed E-state index contributed by atoms with van der Waals surface area (Å²) in [5, 5.41) is 2.79. The molecular formula is C21H25FN2O2S. The topological polar surface area (TPSA) is 41.6 Å². The van der Waals surface area contributed by atoms with Crippen molar-refractivity contribution in [3.63, 3.8) is 0 Å². The predicted octanol–water partition coefficient (Wildman–Crippen LogP) is 3.57. The van der Waals surface area contributed by atoms with Crippen LogP contribution in [0.1, 0.15) is 22.8 Å². The summed E-state index contributed by atoms with van der Waals surface area (Å²) in [7, 11) is 0. The largest absolute Gasteiger partial charge is 0.489 e. The number of ether oxygens (including phenoxy) is 1. The van der Waals surface area contributed by atoms with E-state index in [1.807, 2.05) is 30.8 Å². The number of thioether (sulfide) groups is 1. The Kier molecular flexibility index (Phi) is 7.12. The van der Waals surface area contributed by atoms with Crippen molar-refractivity contribution in [1.29, 1.82) is 0 Å². The Morgan fingerprint density at radius 2 is 2.00 bits per heavy atom. The maximum Gasteiger partial charge on any atom is 0.251 e. The van der Waals surface area contributed by atoms with E-state index in [-0.39, 0.29) is 12.0 Å². The van der Waals surface area contributed by atoms with Crippen molar-refractivity contribution in [3.8, 4) is 5.75 Å². The number of rotatable bonds is 7. The number of hydrogen-bond acceptors (Lipinski definition) is 4. The van der Waals surface area contributed by atoms with Crippen LogP contribution in [-0.2, 0) is 6.54 Å². The summed E-state index contributed by atoms with van der Waals surface area (Å²) in [6, 6.07) is 13.8. The molecule has 1 fully saturated rings. The molecule has 1 saturated heterocycles. The third-order valence-electron chi connectivity index (χ3n) is 4.38. The Balaban J connectivity index is 1.49. The van der Waals surface area contributed by atoms with Gasteiger partial charge >= 0.3 is 0 Å². The van der Waals surface area contributed by atoms with E-state index in [0.29, 0.717) is 12.1 Å². The molecule has 2 aromatic rings. The van der Waals surface area contributed by atoms with Gasteiger partial charge in [0.2, 0.25) is 0 Å². The summed E-state index contributed by atoms with van der Waals surface area (Å²) >= 11 is 2.01. The van der Waals surface area contributed by atoms with Crippen molar-refractivity contribution in [3.05, 3.63) is 65.5 Å². The van der Waals surface area contributed by atoms with Gasteiger partial charge in [0.1, 0.15) is 17.7 Å². The standard InChI is InChI=1S/C21H25FN2O2S/c1-16(14-23-21(25)18-5-3-6-19(22)13-18)26-20-7-2-4-17(12-20)15-24-8-10-27-11-9-24/h2-7,12-13,16H,8-11,14-15H2,1H3,(H,23,25). The van der Waals surface area contributed by atoms with Crippen LogP contribution in [0.2, 0.25) is 0 Å². The van der Waals surface area contributed by atoms with Crippen LogP contribution >= 0.6 is 11.8 Å². The summed E-state index contributed by atoms with van der Waals surface area (Å²) in [4.78, 5) is 14.5. The lowest BCUT2D eigenvalue weighted by atomic mass is 10.2. The monoisotopic (exact) mass is 388 g/mol. The molecule has 1 unspecified atom stereocenters. The Labute approximate surface area is 164 Å². The molecular weight excluding hydrogens is 363 g/mol. The van der Waals surface area contributed by atoms with Crippen LogP contribution in [0.4, 0.5) is 4.39 Å². The van der Waals surface area contributed by atoms with Crippen molar-refractivity contribution in [2.24, 2.45) is 0 Å². The number of carbonyl (C=O) groups is 1. The quantitative estimate of drug-likeness (QED) is 0.787. The second kappa shape index (κ2) is 9.76. The van der Waals surface area contributed by atoms with E-state index in [4.69, 9.17) is 4.74 Å². The van der Waals surface area contributed by atoms with Gasteiger partial charge in [-0.1, -0.05) is 18.2 Å². The zero-order valence-electron chi connectivity index (χ0n) is 15.5. The highest BCUT2D eigenvalue weighted by Gasteiger charge is 2.12. The van der Waals surface area contributed by atoms with Crippen molar-refractivity contribution in [2.75, 3.05) is 31.1 Å². The van der Waals surface area contributed by atoms with Crippen LogP contribution in [0.3, 0.4) is 0 Å². The van der Waals surface area contributed by atoms with E-state index >= 15 is 0 Å². The molecule has 1 aliphatic heterocycles. The first kappa shape index (κ1) is 19.7. The molecule has 0 aromatic heterocycles. The van der Waals surface area contributed by atoms with E-state index < -0.39 is 5.82 Å². The van der Waals surface area contributed by atoms with E-state index in [1.165, 1.54) is 35.3 Å². The molecule has 3 rings (SSSR count). The first-order valence-corrected chi connectivity index (χ1v) is 10.3. The lowest BCUT2D eigenvalue weighted by Crippen LogP contribution is -2.33. The molecule has 0 bridgehead atoms. The lowest BCUT2D eigenvalue weighted by molar-refractivity contribution is 0.0931. The third kappa shape index (κ3) is 6.26. The van der Waals surface area contributed by atoms with Gasteiger partial charge in [0.15, 0.2) is 0 Å². The second-order valence-corrected chi connectivity index (χ2v) is 7.91. The summed E-state index contributed by atoms with van der Waals surface area (Å²) in [6.45, 7) is 5.43. The molecule has 1 amide bonds. The average molecular weight is 389 g/mol. The van der Waals surface area contributed by atoms with Gasteiger partial charge in [-0.2, -0.15) is 11.8 Å². The van der Waals surface area contributed by atoms with Crippen LogP contribution in [0.25, 0.3) is 0 Å². The number of nitrogens with one attached hydrogen (secondary N) is 1. The molecule has 0 aliphatic carbocycles. The highest BCUT2D eigenvalue weighted by molar-refractivity contribution is 7.99. The molecule has 0 spiro atoms. The summed E-state index contributed by atoms with van der Waals surface area (Å²) < 4.78 is 19.2. The number of benzene rings is 2. The van der Waals surface area contributed by atoms with Crippen LogP contribution in [-0.4, -0.2) is 48.1 Å². The van der Waals surface area contributed by atoms with Crippen LogP contribution in [0.15, 0.2) is 48.5 Å². The van der Waals surface area contributed by atoms with Gasteiger partial charge < -0.3 is 10.1 Å². The van der Waals surface area contributed by atoms with E-state index in [0.717, 1.165) is 25.4 Å². The maximum absolute atomic E-state index is 13.2. The molecule has 27 heavy (non-hydrogen) atoms. The first-order valence-electron chi connectivity index (χ1n) is 9.19. The molecule has 1 aliphatic rings. The molecule has 1 atom stereocenters. The fourth-order valence-corrected chi connectivity index (χ4v) is 3.96. The number of amides is 1. The Morgan fingerprint density at radius 3 is 2.78 bits per heavy atom. The van der Waals surface area contributed by atoms with Gasteiger partial charge in [0.05, 0.1) is 6.54 Å². The van der Waals surface area contributed by atoms with Gasteiger partial charge in [0, 0.05) is 36.7 Å². The Bertz CT molecular complexity index is 765. The minimum Gasteiger partial charge on any atom is -0.489 e. The van der Waals surface area contributed by atoms with Crippen LogP contribution < -0.4 is 10.1 Å². The second-order valence-electron chi connectivity index (χ2n) is 6.68. The van der Waals surface area contributed by atoms with Crippen LogP contribution in [0.5, 0.6) is 5.75 Å². The van der Waals surface area contributed by atoms with Crippen molar-refractivity contribution < 1.29 is 13.9 Å². The first-order chi connectivity index (χ1) is 13.1. The highest BCUT2D eigenvalue weighted by Crippen LogP contribution is 2.18. The lowest BCUT2D eigenvalue weighted by Gasteiger charge is -2.26. The number of hydrogen-bond donors (Lipinski definition) is 1. The smallest absolute Gasteiger partial charge is 0.251 e. The average Bonchev–Trinajstić information content (AvgIpc) is 2.67. The van der Waals surface area contributed by atoms with Crippen molar-refractivity contribution in [2.45, 2.75) is 19.6 Å². The fourth-order valence-electron chi connectivity index (χ4n) is 2.98.